The summed E-state index contributed by atoms with van der Waals surface area (Å²) in [6.07, 6.45) is -5.39. The minimum absolute atomic E-state index is 0.0287. The smallest absolute Gasteiger partial charge is 0.468 e. The van der Waals surface area contributed by atoms with Gasteiger partial charge in [0.1, 0.15) is 0 Å². The molecule has 0 aromatic heterocycles. The fourth-order valence-corrected chi connectivity index (χ4v) is 9.68. The first-order chi connectivity index (χ1) is 22.8. The number of carbonyl (C=O) groups is 2. The molecule has 49 heavy (non-hydrogen) atoms. The number of hydrogen-bond donors (Lipinski definition) is 0. The highest BCUT2D eigenvalue weighted by Gasteiger charge is 2.70. The van der Waals surface area contributed by atoms with Gasteiger partial charge >= 0.3 is 56.3 Å². The van der Waals surface area contributed by atoms with Crippen LogP contribution in [0.15, 0.2) is 60.7 Å². The molecule has 0 amide bonds. The van der Waals surface area contributed by atoms with Crippen molar-refractivity contribution in [3.8, 4) is 0 Å². The fourth-order valence-electron chi connectivity index (χ4n) is 6.94. The number of carbonyl (C=O) groups excluding carboxylic acids is 2. The Morgan fingerprint density at radius 2 is 1.29 bits per heavy atom. The highest BCUT2D eigenvalue weighted by atomic mass is 127. The molecule has 0 N–H and O–H groups in total. The van der Waals surface area contributed by atoms with Gasteiger partial charge in [-0.05, 0) is 87.5 Å². The monoisotopic (exact) mass is 838 g/mol. The third-order valence-electron chi connectivity index (χ3n) is 8.77. The van der Waals surface area contributed by atoms with E-state index in [-0.39, 0.29) is 58.2 Å². The van der Waals surface area contributed by atoms with Gasteiger partial charge in [0.25, 0.3) is 0 Å². The number of halogens is 8. The molecule has 4 saturated carbocycles. The van der Waals surface area contributed by atoms with Crippen LogP contribution in [0.2, 0.25) is 0 Å². The maximum atomic E-state index is 14.1. The second-order valence-electron chi connectivity index (χ2n) is 12.4. The lowest BCUT2D eigenvalue weighted by Gasteiger charge is -2.55. The van der Waals surface area contributed by atoms with Gasteiger partial charge in [-0.25, -0.2) is 13.2 Å². The van der Waals surface area contributed by atoms with Crippen LogP contribution in [-0.2, 0) is 33.9 Å². The molecule has 0 spiro atoms. The fraction of sp³-hybridized carbons (Fsp3) is 0.562. The summed E-state index contributed by atoms with van der Waals surface area (Å²) < 4.78 is 144. The van der Waals surface area contributed by atoms with Gasteiger partial charge in [-0.2, -0.15) is 30.7 Å². The molecule has 4 bridgehead atoms. The highest BCUT2D eigenvalue weighted by molar-refractivity contribution is 7.86. The highest BCUT2D eigenvalue weighted by Crippen LogP contribution is 2.61. The molecule has 2 aromatic rings. The van der Waals surface area contributed by atoms with Crippen molar-refractivity contribution in [2.24, 2.45) is 23.2 Å². The van der Waals surface area contributed by atoms with Gasteiger partial charge in [0.15, 0.2) is 17.3 Å². The van der Waals surface area contributed by atoms with Crippen molar-refractivity contribution in [2.45, 2.75) is 75.0 Å². The molecule has 17 heteroatoms. The second kappa shape index (κ2) is 15.0. The third-order valence-corrected chi connectivity index (χ3v) is 12.4. The van der Waals surface area contributed by atoms with Crippen molar-refractivity contribution in [1.29, 1.82) is 0 Å². The minimum atomic E-state index is -6.91. The Bertz CT molecular complexity index is 1490. The van der Waals surface area contributed by atoms with Crippen LogP contribution in [0.5, 0.6) is 0 Å². The first-order valence-electron chi connectivity index (χ1n) is 15.3. The lowest BCUT2D eigenvalue weighted by atomic mass is 9.49. The van der Waals surface area contributed by atoms with Crippen LogP contribution in [0.25, 0.3) is 0 Å². The maximum absolute atomic E-state index is 14.1. The molecule has 4 aliphatic rings. The Morgan fingerprint density at radius 1 is 0.837 bits per heavy atom. The normalized spacial score (nSPS) is 24.7. The Labute approximate surface area is 289 Å². The maximum Gasteiger partial charge on any atom is 0.468 e. The molecule has 0 radical (unpaired) electrons. The van der Waals surface area contributed by atoms with Crippen molar-refractivity contribution in [3.63, 3.8) is 0 Å². The van der Waals surface area contributed by atoms with Gasteiger partial charge < -0.3 is 18.8 Å². The van der Waals surface area contributed by atoms with E-state index in [9.17, 15) is 53.3 Å². The number of benzene rings is 2. The van der Waals surface area contributed by atoms with Gasteiger partial charge in [-0.15, -0.1) is 0 Å². The number of hydrogen-bond acceptors (Lipinski definition) is 8. The molecule has 0 saturated heterocycles. The van der Waals surface area contributed by atoms with Crippen molar-refractivity contribution >= 4 is 22.1 Å². The van der Waals surface area contributed by atoms with Crippen LogP contribution >= 0.6 is 0 Å². The third kappa shape index (κ3) is 8.69. The molecule has 4 fully saturated rings. The van der Waals surface area contributed by atoms with Crippen LogP contribution in [0.3, 0.4) is 0 Å². The van der Waals surface area contributed by atoms with E-state index >= 15 is 0 Å². The summed E-state index contributed by atoms with van der Waals surface area (Å²) in [6.45, 7) is -1.64. The molecule has 1 atom stereocenters. The average molecular weight is 839 g/mol. The lowest BCUT2D eigenvalue weighted by Crippen LogP contribution is -3.61. The van der Waals surface area contributed by atoms with E-state index in [0.29, 0.717) is 0 Å². The first kappa shape index (κ1) is 39.3. The Balaban J connectivity index is 0.000000344. The zero-order valence-electron chi connectivity index (χ0n) is 26.1. The van der Waals surface area contributed by atoms with Crippen molar-refractivity contribution < 1.29 is 88.7 Å². The predicted molar refractivity (Wildman–Crippen MR) is 153 cm³/mol. The van der Waals surface area contributed by atoms with E-state index in [1.165, 1.54) is 7.14 Å². The SMILES string of the molecule is CCOC(=O)C(OCCC(F)(F)C(F)(F)S(=O)(=O)[O-])(OC(=O)C12CC3CC(CC(C3)C1)C2)C(F)(F)F.c1ccc([I+]c2ccccc2)cc1. The standard InChI is InChI=1S/C20H25F7O8S.C12H10I/c1-2-33-15(29)18(19(23,24)25,34-4-3-17(21,22)20(26,27)36(30,31)32)35-14(28)16-8-11-5-12(9-16)7-13(6-11)10-16;1-3-7-11(8-4-1)13-12-9-5-2-6-10-12/h11-13H,2-10H2,1H3,(H,30,31,32);1-10H/q;+1/p-1. The summed E-state index contributed by atoms with van der Waals surface area (Å²) in [5.74, 6) is -13.9. The molecule has 8 nitrogen and oxygen atoms in total. The molecule has 4 aliphatic carbocycles. The summed E-state index contributed by atoms with van der Waals surface area (Å²) in [7, 11) is -6.91. The van der Waals surface area contributed by atoms with E-state index in [1.54, 1.807) is 0 Å². The van der Waals surface area contributed by atoms with Crippen molar-refractivity contribution in [3.05, 3.63) is 67.8 Å². The van der Waals surface area contributed by atoms with Crippen LogP contribution in [0.1, 0.15) is 51.9 Å². The van der Waals surface area contributed by atoms with Gasteiger partial charge in [0.05, 0.1) is 18.6 Å². The van der Waals surface area contributed by atoms with E-state index in [0.717, 1.165) is 26.2 Å². The Hall–Kier alpha value is -2.51. The molecule has 1 unspecified atom stereocenters. The first-order valence-corrected chi connectivity index (χ1v) is 18.9. The summed E-state index contributed by atoms with van der Waals surface area (Å²) in [5.41, 5.74) is -1.37. The largest absolute Gasteiger partial charge is 0.743 e. The van der Waals surface area contributed by atoms with Crippen LogP contribution in [0, 0.1) is 30.3 Å². The molecular formula is C32H34F7IO8S. The number of esters is 2. The summed E-state index contributed by atoms with van der Waals surface area (Å²) in [6, 6.07) is 21.4. The molecule has 2 aromatic carbocycles. The summed E-state index contributed by atoms with van der Waals surface area (Å²) >= 11 is 0.0287. The molecule has 0 heterocycles. The van der Waals surface area contributed by atoms with Gasteiger partial charge in [-0.1, -0.05) is 36.4 Å². The molecular weight excluding hydrogens is 804 g/mol. The number of ether oxygens (including phenoxy) is 3. The Morgan fingerprint density at radius 3 is 1.67 bits per heavy atom. The zero-order valence-corrected chi connectivity index (χ0v) is 29.0. The van der Waals surface area contributed by atoms with Crippen molar-refractivity contribution in [2.75, 3.05) is 13.2 Å². The average Bonchev–Trinajstić information content (AvgIpc) is 3.00. The van der Waals surface area contributed by atoms with E-state index < -0.39 is 70.2 Å². The predicted octanol–water partition coefficient (Wildman–Crippen LogP) is 3.56. The van der Waals surface area contributed by atoms with Crippen LogP contribution < -0.4 is 21.2 Å². The van der Waals surface area contributed by atoms with Gasteiger partial charge in [0.2, 0.25) is 0 Å². The Kier molecular flexibility index (Phi) is 12.0. The topological polar surface area (TPSA) is 119 Å². The van der Waals surface area contributed by atoms with Gasteiger partial charge in [0, 0.05) is 6.42 Å². The second-order valence-corrected chi connectivity index (χ2v) is 16.8. The quantitative estimate of drug-likeness (QED) is 0.105. The number of rotatable bonds is 12. The molecule has 272 valence electrons. The van der Waals surface area contributed by atoms with Crippen LogP contribution in [0.4, 0.5) is 30.7 Å². The molecule has 6 rings (SSSR count). The van der Waals surface area contributed by atoms with E-state index in [1.807, 2.05) is 0 Å². The van der Waals surface area contributed by atoms with Crippen LogP contribution in [-0.4, -0.2) is 61.3 Å². The van der Waals surface area contributed by atoms with E-state index in [4.69, 9.17) is 0 Å². The zero-order chi connectivity index (χ0) is 36.3. The summed E-state index contributed by atoms with van der Waals surface area (Å²) in [5, 5.41) is -6.19. The van der Waals surface area contributed by atoms with E-state index in [2.05, 4.69) is 74.9 Å². The summed E-state index contributed by atoms with van der Waals surface area (Å²) in [4.78, 5) is 25.5. The minimum Gasteiger partial charge on any atom is -0.743 e. The number of alkyl halides is 7. The van der Waals surface area contributed by atoms with Gasteiger partial charge in [-0.3, -0.25) is 4.79 Å². The van der Waals surface area contributed by atoms with Crippen molar-refractivity contribution in [1.82, 2.24) is 0 Å². The molecule has 0 aliphatic heterocycles. The lowest BCUT2D eigenvalue weighted by molar-refractivity contribution is -0.597.